The Bertz CT molecular complexity index is 1910. The van der Waals surface area contributed by atoms with Gasteiger partial charge < -0.3 is 14.6 Å². The third-order valence-corrected chi connectivity index (χ3v) is 7.98. The summed E-state index contributed by atoms with van der Waals surface area (Å²) < 4.78 is 42.9. The summed E-state index contributed by atoms with van der Waals surface area (Å²) in [6.45, 7) is 9.62. The second kappa shape index (κ2) is 11.2. The van der Waals surface area contributed by atoms with Gasteiger partial charge in [0.25, 0.3) is 0 Å². The Morgan fingerprint density at radius 1 is 1.02 bits per heavy atom. The van der Waals surface area contributed by atoms with Gasteiger partial charge in [0, 0.05) is 28.5 Å². The molecule has 5 aromatic rings. The molecule has 3 aromatic carbocycles. The van der Waals surface area contributed by atoms with E-state index in [1.54, 1.807) is 32.9 Å². The van der Waals surface area contributed by atoms with Crippen molar-refractivity contribution in [1.82, 2.24) is 9.38 Å². The second-order valence-electron chi connectivity index (χ2n) is 12.3. The molecule has 0 aliphatic carbocycles. The second-order valence-corrected chi connectivity index (χ2v) is 12.3. The fraction of sp³-hybridized carbons (Fsp3) is 0.278. The van der Waals surface area contributed by atoms with E-state index >= 15 is 4.39 Å². The molecule has 0 amide bonds. The number of nitrogens with zero attached hydrogens (tertiary/aromatic N) is 2. The molecule has 226 valence electrons. The normalized spacial score (nSPS) is 13.9. The molecule has 0 bridgehead atoms. The average Bonchev–Trinajstić information content (AvgIpc) is 3.41. The number of hydrogen-bond donors (Lipinski definition) is 1. The maximum Gasteiger partial charge on any atom is 0.337 e. The van der Waals surface area contributed by atoms with Crippen LogP contribution in [0.25, 0.3) is 39.3 Å². The third-order valence-electron chi connectivity index (χ3n) is 7.98. The molecule has 6 rings (SSSR count). The summed E-state index contributed by atoms with van der Waals surface area (Å²) in [6.07, 6.45) is 1.94. The van der Waals surface area contributed by atoms with Crippen LogP contribution in [0.4, 0.5) is 8.78 Å². The maximum absolute atomic E-state index is 15.6. The van der Waals surface area contributed by atoms with Crippen molar-refractivity contribution < 1.29 is 28.2 Å². The lowest BCUT2D eigenvalue weighted by Crippen LogP contribution is -2.28. The number of aliphatic carboxylic acids is 1. The van der Waals surface area contributed by atoms with Crippen LogP contribution >= 0.6 is 0 Å². The van der Waals surface area contributed by atoms with Crippen LogP contribution in [0.3, 0.4) is 0 Å². The largest absolute Gasteiger partial charge is 0.490 e. The number of imidazole rings is 1. The van der Waals surface area contributed by atoms with Gasteiger partial charge in [0.2, 0.25) is 0 Å². The first-order valence-corrected chi connectivity index (χ1v) is 14.7. The van der Waals surface area contributed by atoms with Crippen LogP contribution in [0.5, 0.6) is 5.75 Å². The molecule has 6 nitrogen and oxygen atoms in total. The molecule has 0 fully saturated rings. The van der Waals surface area contributed by atoms with Crippen molar-refractivity contribution in [1.29, 1.82) is 0 Å². The van der Waals surface area contributed by atoms with Crippen molar-refractivity contribution in [3.8, 4) is 39.4 Å². The predicted octanol–water partition coefficient (Wildman–Crippen LogP) is 8.50. The molecular formula is C36H34F2N2O4. The topological polar surface area (TPSA) is 73.1 Å². The van der Waals surface area contributed by atoms with E-state index in [9.17, 15) is 14.3 Å². The van der Waals surface area contributed by atoms with Gasteiger partial charge in [-0.3, -0.25) is 4.40 Å². The molecular weight excluding hydrogens is 562 g/mol. The minimum Gasteiger partial charge on any atom is -0.490 e. The highest BCUT2D eigenvalue weighted by atomic mass is 19.1. The lowest BCUT2D eigenvalue weighted by Gasteiger charge is -2.29. The number of pyridine rings is 1. The smallest absolute Gasteiger partial charge is 0.337 e. The average molecular weight is 597 g/mol. The quantitative estimate of drug-likeness (QED) is 0.213. The summed E-state index contributed by atoms with van der Waals surface area (Å²) in [7, 11) is 0. The number of hydrogen-bond acceptors (Lipinski definition) is 4. The minimum absolute atomic E-state index is 0.257. The van der Waals surface area contributed by atoms with Gasteiger partial charge in [0.05, 0.1) is 23.6 Å². The number of ether oxygens (including phenoxy) is 2. The lowest BCUT2D eigenvalue weighted by atomic mass is 9.89. The molecule has 3 heterocycles. The molecule has 44 heavy (non-hydrogen) atoms. The van der Waals surface area contributed by atoms with Gasteiger partial charge in [-0.05, 0) is 100 Å². The number of carbonyl (C=O) groups is 1. The van der Waals surface area contributed by atoms with Gasteiger partial charge in [-0.2, -0.15) is 0 Å². The molecule has 2 aromatic heterocycles. The van der Waals surface area contributed by atoms with Crippen LogP contribution in [0.1, 0.15) is 55.5 Å². The Labute approximate surface area is 254 Å². The summed E-state index contributed by atoms with van der Waals surface area (Å²) in [6, 6.07) is 17.3. The molecule has 0 unspecified atom stereocenters. The fourth-order valence-electron chi connectivity index (χ4n) is 6.00. The van der Waals surface area contributed by atoms with E-state index in [2.05, 4.69) is 0 Å². The zero-order chi connectivity index (χ0) is 31.3. The number of aryl methyl sites for hydroxylation is 1. The van der Waals surface area contributed by atoms with Crippen LogP contribution in [0.15, 0.2) is 66.9 Å². The van der Waals surface area contributed by atoms with Crippen LogP contribution < -0.4 is 4.74 Å². The van der Waals surface area contributed by atoms with Crippen molar-refractivity contribution in [3.63, 3.8) is 0 Å². The van der Waals surface area contributed by atoms with Crippen LogP contribution in [0.2, 0.25) is 0 Å². The number of fused-ring (bicyclic) bond motifs is 2. The van der Waals surface area contributed by atoms with Gasteiger partial charge in [0.15, 0.2) is 17.7 Å². The lowest BCUT2D eigenvalue weighted by molar-refractivity contribution is -0.160. The Balaban J connectivity index is 1.62. The SMILES string of the molecule is Cc1cc2nc(-c3cccc(-c4ccc(F)cc4)c3)cn2c(-c2cc(F)c3c(c2C)CCCO3)c1[C@H](OC(C)(C)C)C(=O)O. The van der Waals surface area contributed by atoms with E-state index in [1.807, 2.05) is 54.8 Å². The Morgan fingerprint density at radius 2 is 1.75 bits per heavy atom. The highest BCUT2D eigenvalue weighted by molar-refractivity contribution is 5.83. The van der Waals surface area contributed by atoms with Crippen molar-refractivity contribution in [2.24, 2.45) is 0 Å². The fourth-order valence-corrected chi connectivity index (χ4v) is 6.00. The zero-order valence-electron chi connectivity index (χ0n) is 25.4. The highest BCUT2D eigenvalue weighted by Crippen LogP contribution is 2.42. The molecule has 0 saturated carbocycles. The number of rotatable bonds is 6. The molecule has 0 spiro atoms. The standard InChI is InChI=1S/C36H34F2N2O4/c1-20-16-30-39-29(24-9-6-8-23(17-24)22-11-13-25(37)14-12-22)19-40(30)32(31(20)34(35(41)42)44-36(3,4)5)27-18-28(38)33-26(21(27)2)10-7-15-43-33/h6,8-9,11-14,16-19,34H,7,10,15H2,1-5H3,(H,41,42)/t34-/m0/s1. The van der Waals surface area contributed by atoms with E-state index < -0.39 is 23.5 Å². The summed E-state index contributed by atoms with van der Waals surface area (Å²) in [5.41, 5.74) is 6.81. The van der Waals surface area contributed by atoms with Crippen molar-refractivity contribution >= 4 is 11.6 Å². The number of halogens is 2. The number of aromatic nitrogens is 2. The van der Waals surface area contributed by atoms with Crippen molar-refractivity contribution in [2.75, 3.05) is 6.61 Å². The van der Waals surface area contributed by atoms with Crippen LogP contribution in [-0.2, 0) is 16.0 Å². The van der Waals surface area contributed by atoms with Gasteiger partial charge in [0.1, 0.15) is 11.5 Å². The molecule has 0 radical (unpaired) electrons. The van der Waals surface area contributed by atoms with E-state index in [4.69, 9.17) is 14.5 Å². The van der Waals surface area contributed by atoms with Crippen LogP contribution in [0, 0.1) is 25.5 Å². The molecule has 0 saturated heterocycles. The van der Waals surface area contributed by atoms with Crippen molar-refractivity contribution in [3.05, 3.63) is 101 Å². The first-order chi connectivity index (χ1) is 20.9. The molecule has 1 atom stereocenters. The molecule has 1 aliphatic heterocycles. The molecule has 1 N–H and O–H groups in total. The van der Waals surface area contributed by atoms with E-state index in [0.717, 1.165) is 34.2 Å². The first kappa shape index (κ1) is 29.5. The van der Waals surface area contributed by atoms with Gasteiger partial charge in [-0.1, -0.05) is 30.3 Å². The highest BCUT2D eigenvalue weighted by Gasteiger charge is 2.34. The predicted molar refractivity (Wildman–Crippen MR) is 166 cm³/mol. The Hall–Kier alpha value is -4.56. The third kappa shape index (κ3) is 5.46. The maximum atomic E-state index is 15.6. The van der Waals surface area contributed by atoms with Crippen LogP contribution in [-0.4, -0.2) is 32.7 Å². The van der Waals surface area contributed by atoms with Gasteiger partial charge >= 0.3 is 5.97 Å². The molecule has 1 aliphatic rings. The van der Waals surface area contributed by atoms with E-state index in [1.165, 1.54) is 18.2 Å². The summed E-state index contributed by atoms with van der Waals surface area (Å²) in [5, 5.41) is 10.4. The number of carboxylic acids is 1. The van der Waals surface area contributed by atoms with E-state index in [-0.39, 0.29) is 11.6 Å². The monoisotopic (exact) mass is 596 g/mol. The van der Waals surface area contributed by atoms with E-state index in [0.29, 0.717) is 46.8 Å². The summed E-state index contributed by atoms with van der Waals surface area (Å²) in [5.74, 6) is -1.68. The minimum atomic E-state index is -1.32. The summed E-state index contributed by atoms with van der Waals surface area (Å²) in [4.78, 5) is 17.7. The zero-order valence-corrected chi connectivity index (χ0v) is 25.4. The first-order valence-electron chi connectivity index (χ1n) is 14.7. The summed E-state index contributed by atoms with van der Waals surface area (Å²) >= 11 is 0. The number of carboxylic acid groups (broad SMARTS) is 1. The molecule has 8 heteroatoms. The Morgan fingerprint density at radius 3 is 2.45 bits per heavy atom. The van der Waals surface area contributed by atoms with Crippen molar-refractivity contribution in [2.45, 2.75) is 59.2 Å². The van der Waals surface area contributed by atoms with Gasteiger partial charge in [-0.25, -0.2) is 18.6 Å². The number of benzene rings is 3. The van der Waals surface area contributed by atoms with Gasteiger partial charge in [-0.15, -0.1) is 0 Å². The Kier molecular flexibility index (Phi) is 7.49.